The first-order valence-electron chi connectivity index (χ1n) is 15.2. The third-order valence-electron chi connectivity index (χ3n) is 8.32. The summed E-state index contributed by atoms with van der Waals surface area (Å²) in [5, 5.41) is 12.9. The largest absolute Gasteiger partial charge is 0.539 e. The van der Waals surface area contributed by atoms with Crippen LogP contribution < -0.4 is 19.4 Å². The van der Waals surface area contributed by atoms with Gasteiger partial charge in [0.2, 0.25) is 5.95 Å². The van der Waals surface area contributed by atoms with Crippen molar-refractivity contribution in [1.29, 1.82) is 5.26 Å². The van der Waals surface area contributed by atoms with E-state index in [1.54, 1.807) is 25.6 Å². The number of nitriles is 1. The minimum atomic E-state index is -1.30. The van der Waals surface area contributed by atoms with Gasteiger partial charge in [-0.2, -0.15) is 5.26 Å². The predicted molar refractivity (Wildman–Crippen MR) is 169 cm³/mol. The van der Waals surface area contributed by atoms with Crippen LogP contribution >= 0.6 is 0 Å². The number of aromatic nitrogens is 2. The Kier molecular flexibility index (Phi) is 9.89. The highest BCUT2D eigenvalue weighted by atomic mass is 28.3. The first kappa shape index (κ1) is 30.3. The molecule has 3 aromatic rings. The molecule has 6 rings (SSSR count). The average Bonchev–Trinajstić information content (AvgIpc) is 3.05. The van der Waals surface area contributed by atoms with E-state index in [4.69, 9.17) is 23.4 Å². The Balaban J connectivity index is 1.08. The molecule has 44 heavy (non-hydrogen) atoms. The monoisotopic (exact) mass is 615 g/mol. The lowest BCUT2D eigenvalue weighted by atomic mass is 10.0. The van der Waals surface area contributed by atoms with Crippen LogP contribution in [0.2, 0.25) is 6.55 Å². The number of benzene rings is 2. The standard InChI is InChI=1S/C32H39N6O5Si/c1-39-31-16-27(37-9-7-26(8-10-37)38-11-13-40-14-12-38)5-6-29(31)36-32-34-18-25(19-35-32)23-3-4-24(17-33)30(15-23)43-44(2)22-42-28-20-41-21-28/h3-6,15-16,18-19,26,28H,7-14,20-22H2,1-2H3,(H,34,35,36). The quantitative estimate of drug-likeness (QED) is 0.316. The predicted octanol–water partition coefficient (Wildman–Crippen LogP) is 4.02. The minimum Gasteiger partial charge on any atom is -0.539 e. The molecule has 0 atom stereocenters. The smallest absolute Gasteiger partial charge is 0.304 e. The average molecular weight is 616 g/mol. The summed E-state index contributed by atoms with van der Waals surface area (Å²) in [7, 11) is 0.382. The number of nitrogens with one attached hydrogen (secondary N) is 1. The summed E-state index contributed by atoms with van der Waals surface area (Å²) in [6.07, 6.45) is 6.50. The molecule has 3 aliphatic heterocycles. The maximum atomic E-state index is 9.61. The molecule has 12 heteroatoms. The van der Waals surface area contributed by atoms with Crippen LogP contribution in [-0.2, 0) is 14.2 Å². The molecule has 0 spiro atoms. The molecule has 0 amide bonds. The first-order valence-corrected chi connectivity index (χ1v) is 17.3. The number of hydrogen-bond donors (Lipinski definition) is 1. The van der Waals surface area contributed by atoms with E-state index in [9.17, 15) is 5.26 Å². The number of anilines is 3. The third-order valence-corrected chi connectivity index (χ3v) is 9.47. The topological polar surface area (TPSA) is 114 Å². The summed E-state index contributed by atoms with van der Waals surface area (Å²) in [5.41, 5.74) is 4.13. The number of morpholine rings is 1. The fourth-order valence-electron chi connectivity index (χ4n) is 5.72. The van der Waals surface area contributed by atoms with E-state index < -0.39 is 9.04 Å². The van der Waals surface area contributed by atoms with Crippen LogP contribution in [-0.4, -0.2) is 102 Å². The van der Waals surface area contributed by atoms with Crippen molar-refractivity contribution in [3.05, 3.63) is 54.4 Å². The lowest BCUT2D eigenvalue weighted by Gasteiger charge is -2.40. The molecule has 1 N–H and O–H groups in total. The number of rotatable bonds is 11. The molecule has 3 aliphatic rings. The van der Waals surface area contributed by atoms with E-state index in [-0.39, 0.29) is 6.10 Å². The van der Waals surface area contributed by atoms with Crippen molar-refractivity contribution < 1.29 is 23.4 Å². The molecule has 1 aromatic heterocycles. The molecule has 11 nitrogen and oxygen atoms in total. The van der Waals surface area contributed by atoms with E-state index in [1.807, 2.05) is 24.7 Å². The van der Waals surface area contributed by atoms with Crippen molar-refractivity contribution in [2.24, 2.45) is 0 Å². The molecular weight excluding hydrogens is 576 g/mol. The second-order valence-corrected chi connectivity index (χ2v) is 13.2. The van der Waals surface area contributed by atoms with Crippen LogP contribution in [0.3, 0.4) is 0 Å². The summed E-state index contributed by atoms with van der Waals surface area (Å²) in [5.74, 6) is 1.75. The first-order chi connectivity index (χ1) is 21.6. The summed E-state index contributed by atoms with van der Waals surface area (Å²) in [4.78, 5) is 14.1. The highest BCUT2D eigenvalue weighted by Gasteiger charge is 2.26. The van der Waals surface area contributed by atoms with Gasteiger partial charge >= 0.3 is 9.04 Å². The number of ether oxygens (including phenoxy) is 4. The zero-order valence-electron chi connectivity index (χ0n) is 25.3. The van der Waals surface area contributed by atoms with E-state index in [0.717, 1.165) is 80.5 Å². The molecule has 2 aromatic carbocycles. The van der Waals surface area contributed by atoms with Gasteiger partial charge in [0.1, 0.15) is 23.7 Å². The van der Waals surface area contributed by atoms with E-state index in [1.165, 1.54) is 0 Å². The van der Waals surface area contributed by atoms with Crippen molar-refractivity contribution in [2.45, 2.75) is 31.5 Å². The van der Waals surface area contributed by atoms with Gasteiger partial charge in [0, 0.05) is 61.9 Å². The van der Waals surface area contributed by atoms with E-state index >= 15 is 0 Å². The molecule has 1 radical (unpaired) electrons. The Hall–Kier alpha value is -3.73. The van der Waals surface area contributed by atoms with Gasteiger partial charge in [-0.05, 0) is 49.2 Å². The lowest BCUT2D eigenvalue weighted by molar-refractivity contribution is -0.120. The summed E-state index contributed by atoms with van der Waals surface area (Å²) >= 11 is 0. The van der Waals surface area contributed by atoms with Crippen molar-refractivity contribution in [3.8, 4) is 28.7 Å². The zero-order chi connectivity index (χ0) is 30.3. The van der Waals surface area contributed by atoms with Gasteiger partial charge in [-0.15, -0.1) is 0 Å². The Morgan fingerprint density at radius 3 is 2.43 bits per heavy atom. The molecule has 3 saturated heterocycles. The van der Waals surface area contributed by atoms with Gasteiger partial charge < -0.3 is 33.6 Å². The highest BCUT2D eigenvalue weighted by Crippen LogP contribution is 2.33. The molecule has 0 bridgehead atoms. The SMILES string of the molecule is COc1cc(N2CCC(N3CCOCC3)CC2)ccc1Nc1ncc(-c2ccc(C#N)c(O[Si](C)COC3COC3)c2)cn1. The van der Waals surface area contributed by atoms with Crippen LogP contribution in [0, 0.1) is 11.3 Å². The fourth-order valence-corrected chi connectivity index (χ4v) is 6.79. The van der Waals surface area contributed by atoms with Gasteiger partial charge in [-0.3, -0.25) is 4.90 Å². The van der Waals surface area contributed by atoms with Gasteiger partial charge in [0.15, 0.2) is 0 Å². The number of hydrogen-bond acceptors (Lipinski definition) is 11. The van der Waals surface area contributed by atoms with Gasteiger partial charge in [0.05, 0.1) is 51.0 Å². The Morgan fingerprint density at radius 1 is 0.977 bits per heavy atom. The van der Waals surface area contributed by atoms with E-state index in [0.29, 0.717) is 42.7 Å². The lowest BCUT2D eigenvalue weighted by Crippen LogP contribution is -2.49. The Labute approximate surface area is 260 Å². The zero-order valence-corrected chi connectivity index (χ0v) is 26.3. The van der Waals surface area contributed by atoms with Crippen molar-refractivity contribution >= 4 is 26.4 Å². The molecular formula is C32H39N6O5Si. The third kappa shape index (κ3) is 7.31. The van der Waals surface area contributed by atoms with Gasteiger partial charge in [-0.1, -0.05) is 6.07 Å². The number of piperidine rings is 1. The van der Waals surface area contributed by atoms with Crippen LogP contribution in [0.5, 0.6) is 11.5 Å². The maximum Gasteiger partial charge on any atom is 0.304 e. The molecule has 0 saturated carbocycles. The second kappa shape index (κ2) is 14.4. The van der Waals surface area contributed by atoms with Crippen molar-refractivity contribution in [2.75, 3.05) is 76.2 Å². The normalized spacial score (nSPS) is 18.1. The summed E-state index contributed by atoms with van der Waals surface area (Å²) in [6, 6.07) is 14.6. The van der Waals surface area contributed by atoms with Crippen molar-refractivity contribution in [1.82, 2.24) is 14.9 Å². The van der Waals surface area contributed by atoms with Gasteiger partial charge in [-0.25, -0.2) is 9.97 Å². The number of nitrogens with zero attached hydrogens (tertiary/aromatic N) is 5. The fraction of sp³-hybridized carbons (Fsp3) is 0.469. The Morgan fingerprint density at radius 2 is 1.75 bits per heavy atom. The second-order valence-electron chi connectivity index (χ2n) is 11.3. The van der Waals surface area contributed by atoms with Crippen LogP contribution in [0.1, 0.15) is 18.4 Å². The maximum absolute atomic E-state index is 9.61. The van der Waals surface area contributed by atoms with Gasteiger partial charge in [0.25, 0.3) is 0 Å². The molecule has 0 unspecified atom stereocenters. The Bertz CT molecular complexity index is 1440. The summed E-state index contributed by atoms with van der Waals surface area (Å²) in [6.45, 7) is 9.10. The van der Waals surface area contributed by atoms with E-state index in [2.05, 4.69) is 43.3 Å². The molecule has 231 valence electrons. The van der Waals surface area contributed by atoms with Crippen molar-refractivity contribution in [3.63, 3.8) is 0 Å². The molecule has 4 heterocycles. The van der Waals surface area contributed by atoms with Crippen LogP contribution in [0.25, 0.3) is 11.1 Å². The minimum absolute atomic E-state index is 0.144. The molecule has 3 fully saturated rings. The van der Waals surface area contributed by atoms with Crippen LogP contribution in [0.15, 0.2) is 48.8 Å². The highest BCUT2D eigenvalue weighted by molar-refractivity contribution is 6.51. The molecule has 0 aliphatic carbocycles. The summed E-state index contributed by atoms with van der Waals surface area (Å²) < 4.78 is 28.4. The number of methoxy groups -OCH3 is 1. The van der Waals surface area contributed by atoms with Crippen LogP contribution in [0.4, 0.5) is 17.3 Å².